The molecule has 106 valence electrons. The van der Waals surface area contributed by atoms with Crippen molar-refractivity contribution in [1.82, 2.24) is 20.1 Å². The number of nitrogens with zero attached hydrogens (tertiary/aromatic N) is 3. The lowest BCUT2D eigenvalue weighted by Gasteiger charge is -2.39. The van der Waals surface area contributed by atoms with Crippen molar-refractivity contribution in [2.24, 2.45) is 23.8 Å². The second-order valence-electron chi connectivity index (χ2n) is 7.20. The Bertz CT molecular complexity index is 464. The average molecular weight is 262 g/mol. The molecule has 3 atom stereocenters. The van der Waals surface area contributed by atoms with Gasteiger partial charge in [0.2, 0.25) is 0 Å². The first-order valence-electron chi connectivity index (χ1n) is 7.51. The molecule has 0 spiro atoms. The monoisotopic (exact) mass is 262 g/mol. The summed E-state index contributed by atoms with van der Waals surface area (Å²) in [4.78, 5) is 4.29. The summed E-state index contributed by atoms with van der Waals surface area (Å²) in [6.07, 6.45) is 6.85. The third-order valence-corrected chi connectivity index (χ3v) is 6.18. The van der Waals surface area contributed by atoms with Crippen LogP contribution in [0, 0.1) is 16.7 Å². The fraction of sp³-hybridized carbons (Fsp3) is 0.867. The molecule has 1 N–H and O–H groups in total. The molecule has 4 nitrogen and oxygen atoms in total. The van der Waals surface area contributed by atoms with Crippen LogP contribution in [0.3, 0.4) is 0 Å². The SMILES string of the molecule is Cn1cnc(CCNC2CC3CCC2(C)C3(C)C)n1. The first-order valence-corrected chi connectivity index (χ1v) is 7.51. The van der Waals surface area contributed by atoms with Crippen LogP contribution in [0.15, 0.2) is 6.33 Å². The molecule has 4 heteroatoms. The van der Waals surface area contributed by atoms with Gasteiger partial charge in [0.05, 0.1) is 0 Å². The van der Waals surface area contributed by atoms with Crippen molar-refractivity contribution in [3.63, 3.8) is 0 Å². The third-order valence-electron chi connectivity index (χ3n) is 6.18. The summed E-state index contributed by atoms with van der Waals surface area (Å²) < 4.78 is 1.78. The molecule has 1 heterocycles. The summed E-state index contributed by atoms with van der Waals surface area (Å²) in [7, 11) is 1.92. The van der Waals surface area contributed by atoms with Gasteiger partial charge in [0.25, 0.3) is 0 Å². The van der Waals surface area contributed by atoms with Crippen LogP contribution in [0.4, 0.5) is 0 Å². The predicted molar refractivity (Wildman–Crippen MR) is 75.7 cm³/mol. The lowest BCUT2D eigenvalue weighted by atomic mass is 9.69. The molecule has 2 bridgehead atoms. The van der Waals surface area contributed by atoms with E-state index in [9.17, 15) is 0 Å². The highest BCUT2D eigenvalue weighted by Crippen LogP contribution is 2.65. The average Bonchev–Trinajstić information content (AvgIpc) is 2.90. The van der Waals surface area contributed by atoms with E-state index in [0.717, 1.165) is 24.7 Å². The number of nitrogens with one attached hydrogen (secondary N) is 1. The summed E-state index contributed by atoms with van der Waals surface area (Å²) in [6.45, 7) is 8.41. The van der Waals surface area contributed by atoms with Crippen molar-refractivity contribution < 1.29 is 0 Å². The van der Waals surface area contributed by atoms with E-state index in [1.54, 1.807) is 11.0 Å². The zero-order valence-electron chi connectivity index (χ0n) is 12.6. The van der Waals surface area contributed by atoms with E-state index in [4.69, 9.17) is 0 Å². The van der Waals surface area contributed by atoms with E-state index in [-0.39, 0.29) is 0 Å². The lowest BCUT2D eigenvalue weighted by molar-refractivity contribution is 0.121. The van der Waals surface area contributed by atoms with Gasteiger partial charge in [-0.3, -0.25) is 4.68 Å². The quantitative estimate of drug-likeness (QED) is 0.904. The Morgan fingerprint density at radius 1 is 1.42 bits per heavy atom. The molecule has 0 saturated heterocycles. The number of aromatic nitrogens is 3. The van der Waals surface area contributed by atoms with Gasteiger partial charge in [-0.25, -0.2) is 4.98 Å². The van der Waals surface area contributed by atoms with Gasteiger partial charge in [-0.2, -0.15) is 5.10 Å². The van der Waals surface area contributed by atoms with Crippen LogP contribution in [0.1, 0.15) is 45.9 Å². The minimum absolute atomic E-state index is 0.467. The zero-order valence-corrected chi connectivity index (χ0v) is 12.6. The molecule has 2 aliphatic rings. The van der Waals surface area contributed by atoms with Gasteiger partial charge in [0, 0.05) is 26.1 Å². The van der Waals surface area contributed by atoms with Crippen LogP contribution in [-0.4, -0.2) is 27.4 Å². The van der Waals surface area contributed by atoms with E-state index in [2.05, 4.69) is 36.2 Å². The molecule has 1 aromatic rings. The molecule has 3 unspecified atom stereocenters. The van der Waals surface area contributed by atoms with E-state index >= 15 is 0 Å². The Hall–Kier alpha value is -0.900. The van der Waals surface area contributed by atoms with Crippen molar-refractivity contribution >= 4 is 0 Å². The third kappa shape index (κ3) is 1.92. The van der Waals surface area contributed by atoms with Gasteiger partial charge < -0.3 is 5.32 Å². The smallest absolute Gasteiger partial charge is 0.151 e. The largest absolute Gasteiger partial charge is 0.313 e. The summed E-state index contributed by atoms with van der Waals surface area (Å²) in [5, 5.41) is 8.11. The van der Waals surface area contributed by atoms with Gasteiger partial charge >= 0.3 is 0 Å². The van der Waals surface area contributed by atoms with Crippen molar-refractivity contribution in [1.29, 1.82) is 0 Å². The van der Waals surface area contributed by atoms with Gasteiger partial charge in [-0.1, -0.05) is 20.8 Å². The standard InChI is InChI=1S/C15H26N4/c1-14(2)11-5-7-15(14,3)12(9-11)16-8-6-13-17-10-19(4)18-13/h10-12,16H,5-9H2,1-4H3. The van der Waals surface area contributed by atoms with Crippen molar-refractivity contribution in [2.75, 3.05) is 6.54 Å². The molecule has 19 heavy (non-hydrogen) atoms. The fourth-order valence-electron chi connectivity index (χ4n) is 4.37. The van der Waals surface area contributed by atoms with Crippen LogP contribution < -0.4 is 5.32 Å². The Labute approximate surface area is 116 Å². The van der Waals surface area contributed by atoms with Crippen LogP contribution in [0.25, 0.3) is 0 Å². The second-order valence-corrected chi connectivity index (χ2v) is 7.20. The number of hydrogen-bond donors (Lipinski definition) is 1. The van der Waals surface area contributed by atoms with Crippen molar-refractivity contribution in [3.8, 4) is 0 Å². The van der Waals surface area contributed by atoms with Gasteiger partial charge in [-0.05, 0) is 36.0 Å². The second kappa shape index (κ2) is 4.30. The first kappa shape index (κ1) is 13.1. The van der Waals surface area contributed by atoms with Gasteiger partial charge in [-0.15, -0.1) is 0 Å². The Balaban J connectivity index is 1.57. The van der Waals surface area contributed by atoms with Crippen LogP contribution in [0.5, 0.6) is 0 Å². The maximum Gasteiger partial charge on any atom is 0.151 e. The Kier molecular flexibility index (Phi) is 2.97. The normalized spacial score (nSPS) is 36.0. The van der Waals surface area contributed by atoms with E-state index in [1.165, 1.54) is 19.3 Å². The van der Waals surface area contributed by atoms with E-state index in [1.807, 2.05) is 7.05 Å². The van der Waals surface area contributed by atoms with E-state index in [0.29, 0.717) is 16.9 Å². The lowest BCUT2D eigenvalue weighted by Crippen LogP contribution is -2.45. The summed E-state index contributed by atoms with van der Waals surface area (Å²) in [5.74, 6) is 1.85. The Morgan fingerprint density at radius 2 is 2.21 bits per heavy atom. The molecular weight excluding hydrogens is 236 g/mol. The van der Waals surface area contributed by atoms with Crippen LogP contribution in [-0.2, 0) is 13.5 Å². The van der Waals surface area contributed by atoms with Gasteiger partial charge in [0.1, 0.15) is 6.33 Å². The molecule has 0 aromatic carbocycles. The maximum atomic E-state index is 4.33. The topological polar surface area (TPSA) is 42.7 Å². The number of aryl methyl sites for hydroxylation is 1. The molecule has 0 amide bonds. The highest BCUT2D eigenvalue weighted by molar-refractivity contribution is 5.13. The molecule has 2 saturated carbocycles. The first-order chi connectivity index (χ1) is 8.93. The van der Waals surface area contributed by atoms with E-state index < -0.39 is 0 Å². The van der Waals surface area contributed by atoms with Gasteiger partial charge in [0.15, 0.2) is 5.82 Å². The minimum Gasteiger partial charge on any atom is -0.313 e. The summed E-state index contributed by atoms with van der Waals surface area (Å²) >= 11 is 0. The molecule has 2 aliphatic carbocycles. The molecule has 1 aromatic heterocycles. The molecule has 3 rings (SSSR count). The zero-order chi connectivity index (χ0) is 13.7. The molecule has 0 radical (unpaired) electrons. The summed E-state index contributed by atoms with van der Waals surface area (Å²) in [6, 6.07) is 0.671. The summed E-state index contributed by atoms with van der Waals surface area (Å²) in [5.41, 5.74) is 0.961. The van der Waals surface area contributed by atoms with Crippen LogP contribution >= 0.6 is 0 Å². The number of rotatable bonds is 4. The fourth-order valence-corrected chi connectivity index (χ4v) is 4.37. The number of hydrogen-bond acceptors (Lipinski definition) is 3. The van der Waals surface area contributed by atoms with Crippen molar-refractivity contribution in [2.45, 2.75) is 52.5 Å². The van der Waals surface area contributed by atoms with Crippen molar-refractivity contribution in [3.05, 3.63) is 12.2 Å². The maximum absolute atomic E-state index is 4.33. The molecular formula is C15H26N4. The highest BCUT2D eigenvalue weighted by Gasteiger charge is 2.60. The number of fused-ring (bicyclic) bond motifs is 2. The molecule has 0 aliphatic heterocycles. The highest BCUT2D eigenvalue weighted by atomic mass is 15.3. The Morgan fingerprint density at radius 3 is 2.74 bits per heavy atom. The molecule has 2 fully saturated rings. The minimum atomic E-state index is 0.467. The predicted octanol–water partition coefficient (Wildman–Crippen LogP) is 2.16. The van der Waals surface area contributed by atoms with Crippen LogP contribution in [0.2, 0.25) is 0 Å².